The van der Waals surface area contributed by atoms with Crippen molar-refractivity contribution in [1.82, 2.24) is 4.90 Å². The summed E-state index contributed by atoms with van der Waals surface area (Å²) in [6.45, 7) is 0.728. The molecule has 27 heavy (non-hydrogen) atoms. The van der Waals surface area contributed by atoms with Crippen LogP contribution in [-0.2, 0) is 20.9 Å². The van der Waals surface area contributed by atoms with E-state index in [9.17, 15) is 14.4 Å². The van der Waals surface area contributed by atoms with Gasteiger partial charge in [-0.2, -0.15) is 0 Å². The highest BCUT2D eigenvalue weighted by atomic mass is 35.5. The predicted molar refractivity (Wildman–Crippen MR) is 101 cm³/mol. The van der Waals surface area contributed by atoms with E-state index in [1.807, 2.05) is 18.2 Å². The van der Waals surface area contributed by atoms with E-state index in [1.165, 1.54) is 7.11 Å². The number of nitrogens with zero attached hydrogens (tertiary/aromatic N) is 1. The van der Waals surface area contributed by atoms with Gasteiger partial charge >= 0.3 is 5.97 Å². The van der Waals surface area contributed by atoms with E-state index in [0.717, 1.165) is 5.56 Å². The summed E-state index contributed by atoms with van der Waals surface area (Å²) in [6.07, 6.45) is 0.163. The number of carbonyl (C=O) groups is 3. The number of anilines is 1. The van der Waals surface area contributed by atoms with Crippen molar-refractivity contribution >= 4 is 35.1 Å². The zero-order valence-corrected chi connectivity index (χ0v) is 15.5. The number of nitrogens with one attached hydrogen (secondary N) is 1. The molecule has 1 atom stereocenters. The Balaban J connectivity index is 1.60. The second kappa shape index (κ2) is 8.22. The van der Waals surface area contributed by atoms with Crippen LogP contribution in [0.1, 0.15) is 22.3 Å². The number of amides is 2. The van der Waals surface area contributed by atoms with Crippen LogP contribution in [0, 0.1) is 5.92 Å². The Morgan fingerprint density at radius 3 is 2.56 bits per heavy atom. The van der Waals surface area contributed by atoms with Crippen LogP contribution >= 0.6 is 11.6 Å². The molecule has 1 fully saturated rings. The van der Waals surface area contributed by atoms with Gasteiger partial charge in [0.15, 0.2) is 0 Å². The number of esters is 1. The highest BCUT2D eigenvalue weighted by molar-refractivity contribution is 6.31. The van der Waals surface area contributed by atoms with Crippen molar-refractivity contribution in [3.8, 4) is 0 Å². The van der Waals surface area contributed by atoms with Crippen molar-refractivity contribution in [3.63, 3.8) is 0 Å². The lowest BCUT2D eigenvalue weighted by Gasteiger charge is -2.17. The molecule has 1 aliphatic rings. The molecular weight excluding hydrogens is 368 g/mol. The van der Waals surface area contributed by atoms with Crippen molar-refractivity contribution in [2.75, 3.05) is 19.0 Å². The van der Waals surface area contributed by atoms with E-state index in [1.54, 1.807) is 35.2 Å². The van der Waals surface area contributed by atoms with Crippen LogP contribution in [0.4, 0.5) is 5.69 Å². The molecule has 1 N–H and O–H groups in total. The first-order chi connectivity index (χ1) is 13.0. The van der Waals surface area contributed by atoms with E-state index in [4.69, 9.17) is 11.6 Å². The number of methoxy groups -OCH3 is 1. The molecule has 1 saturated heterocycles. The van der Waals surface area contributed by atoms with Crippen LogP contribution in [0.15, 0.2) is 48.5 Å². The maximum atomic E-state index is 12.5. The molecule has 0 radical (unpaired) electrons. The lowest BCUT2D eigenvalue weighted by atomic mass is 10.1. The summed E-state index contributed by atoms with van der Waals surface area (Å²) in [7, 11) is 1.31. The Hall–Kier alpha value is -2.86. The lowest BCUT2D eigenvalue weighted by molar-refractivity contribution is -0.128. The summed E-state index contributed by atoms with van der Waals surface area (Å²) < 4.78 is 4.64. The first kappa shape index (κ1) is 18.9. The van der Waals surface area contributed by atoms with Gasteiger partial charge in [0.05, 0.1) is 18.6 Å². The van der Waals surface area contributed by atoms with Crippen molar-refractivity contribution in [2.24, 2.45) is 5.92 Å². The van der Waals surface area contributed by atoms with Crippen LogP contribution in [-0.4, -0.2) is 36.3 Å². The lowest BCUT2D eigenvalue weighted by Crippen LogP contribution is -2.28. The smallest absolute Gasteiger partial charge is 0.337 e. The van der Waals surface area contributed by atoms with Crippen LogP contribution in [0.25, 0.3) is 0 Å². The molecule has 0 aliphatic carbocycles. The zero-order chi connectivity index (χ0) is 19.4. The van der Waals surface area contributed by atoms with Gasteiger partial charge in [0.2, 0.25) is 11.8 Å². The minimum Gasteiger partial charge on any atom is -0.465 e. The van der Waals surface area contributed by atoms with Gasteiger partial charge in [0.1, 0.15) is 0 Å². The molecule has 2 aromatic carbocycles. The molecule has 140 valence electrons. The third-order valence-electron chi connectivity index (χ3n) is 4.48. The Bertz CT molecular complexity index is 867. The summed E-state index contributed by atoms with van der Waals surface area (Å²) in [5.74, 6) is -1.17. The van der Waals surface area contributed by atoms with E-state index in [-0.39, 0.29) is 18.2 Å². The molecular formula is C20H19ClN2O4. The molecule has 0 bridgehead atoms. The fourth-order valence-corrected chi connectivity index (χ4v) is 3.18. The molecule has 1 aliphatic heterocycles. The van der Waals surface area contributed by atoms with Crippen molar-refractivity contribution in [2.45, 2.75) is 13.0 Å². The fourth-order valence-electron chi connectivity index (χ4n) is 2.98. The fraction of sp³-hybridized carbons (Fsp3) is 0.250. The van der Waals surface area contributed by atoms with Gasteiger partial charge in [-0.1, -0.05) is 29.8 Å². The molecule has 1 heterocycles. The van der Waals surface area contributed by atoms with Gasteiger partial charge < -0.3 is 15.0 Å². The van der Waals surface area contributed by atoms with E-state index < -0.39 is 11.9 Å². The third kappa shape index (κ3) is 4.46. The SMILES string of the molecule is COC(=O)c1ccc(NC(=O)C2CC(=O)N(Cc3ccccc3Cl)C2)cc1. The normalized spacial score (nSPS) is 16.3. The highest BCUT2D eigenvalue weighted by Gasteiger charge is 2.34. The first-order valence-corrected chi connectivity index (χ1v) is 8.86. The van der Waals surface area contributed by atoms with Gasteiger partial charge in [0, 0.05) is 30.2 Å². The number of benzene rings is 2. The Labute approximate surface area is 162 Å². The minimum atomic E-state index is -0.440. The van der Waals surface area contributed by atoms with E-state index in [2.05, 4.69) is 10.1 Å². The number of ether oxygens (including phenoxy) is 1. The Morgan fingerprint density at radius 2 is 1.89 bits per heavy atom. The predicted octanol–water partition coefficient (Wildman–Crippen LogP) is 3.11. The van der Waals surface area contributed by atoms with Crippen LogP contribution < -0.4 is 5.32 Å². The van der Waals surface area contributed by atoms with Crippen molar-refractivity contribution in [3.05, 3.63) is 64.7 Å². The Kier molecular flexibility index (Phi) is 5.76. The second-order valence-corrected chi connectivity index (χ2v) is 6.73. The maximum absolute atomic E-state index is 12.5. The van der Waals surface area contributed by atoms with E-state index >= 15 is 0 Å². The molecule has 6 nitrogen and oxygen atoms in total. The summed E-state index contributed by atoms with van der Waals surface area (Å²) in [5.41, 5.74) is 1.81. The monoisotopic (exact) mass is 386 g/mol. The van der Waals surface area contributed by atoms with Crippen LogP contribution in [0.5, 0.6) is 0 Å². The highest BCUT2D eigenvalue weighted by Crippen LogP contribution is 2.24. The van der Waals surface area contributed by atoms with Gasteiger partial charge in [-0.3, -0.25) is 9.59 Å². The average molecular weight is 387 g/mol. The summed E-state index contributed by atoms with van der Waals surface area (Å²) in [4.78, 5) is 37.8. The van der Waals surface area contributed by atoms with Gasteiger partial charge in [0.25, 0.3) is 0 Å². The van der Waals surface area contributed by atoms with Crippen LogP contribution in [0.2, 0.25) is 5.02 Å². The molecule has 2 amide bonds. The summed E-state index contributed by atoms with van der Waals surface area (Å²) >= 11 is 6.15. The molecule has 2 aromatic rings. The van der Waals surface area contributed by atoms with Crippen LogP contribution in [0.3, 0.4) is 0 Å². The number of rotatable bonds is 5. The summed E-state index contributed by atoms with van der Waals surface area (Å²) in [5, 5.41) is 3.39. The minimum absolute atomic E-state index is 0.0730. The largest absolute Gasteiger partial charge is 0.465 e. The van der Waals surface area contributed by atoms with Crippen molar-refractivity contribution < 1.29 is 19.1 Å². The molecule has 0 spiro atoms. The molecule has 7 heteroatoms. The first-order valence-electron chi connectivity index (χ1n) is 8.48. The number of hydrogen-bond donors (Lipinski definition) is 1. The molecule has 1 unspecified atom stereocenters. The molecule has 0 saturated carbocycles. The number of halogens is 1. The number of hydrogen-bond acceptors (Lipinski definition) is 4. The summed E-state index contributed by atoms with van der Waals surface area (Å²) in [6, 6.07) is 13.7. The van der Waals surface area contributed by atoms with Gasteiger partial charge in [-0.15, -0.1) is 0 Å². The van der Waals surface area contributed by atoms with E-state index in [0.29, 0.717) is 29.4 Å². The zero-order valence-electron chi connectivity index (χ0n) is 14.8. The molecule has 0 aromatic heterocycles. The maximum Gasteiger partial charge on any atom is 0.337 e. The average Bonchev–Trinajstić information content (AvgIpc) is 3.04. The number of likely N-dealkylation sites (tertiary alicyclic amines) is 1. The third-order valence-corrected chi connectivity index (χ3v) is 4.85. The standard InChI is InChI=1S/C20H19ClN2O4/c1-27-20(26)13-6-8-16(9-7-13)22-19(25)15-10-18(24)23(12-15)11-14-4-2-3-5-17(14)21/h2-9,15H,10-12H2,1H3,(H,22,25). The Morgan fingerprint density at radius 1 is 1.19 bits per heavy atom. The van der Waals surface area contributed by atoms with Crippen molar-refractivity contribution in [1.29, 1.82) is 0 Å². The second-order valence-electron chi connectivity index (χ2n) is 6.32. The number of carbonyl (C=O) groups excluding carboxylic acids is 3. The van der Waals surface area contributed by atoms with Gasteiger partial charge in [-0.25, -0.2) is 4.79 Å². The van der Waals surface area contributed by atoms with Gasteiger partial charge in [-0.05, 0) is 35.9 Å². The quantitative estimate of drug-likeness (QED) is 0.801. The topological polar surface area (TPSA) is 75.7 Å². The molecule has 3 rings (SSSR count).